The summed E-state index contributed by atoms with van der Waals surface area (Å²) in [7, 11) is 1.46. The normalized spacial score (nSPS) is 12.9. The number of rotatable bonds is 13. The number of methoxy groups -OCH3 is 1. The van der Waals surface area contributed by atoms with Gasteiger partial charge in [0.05, 0.1) is 20.1 Å². The van der Waals surface area contributed by atoms with Gasteiger partial charge in [-0.15, -0.1) is 0 Å². The van der Waals surface area contributed by atoms with Crippen LogP contribution in [-0.2, 0) is 27.4 Å². The summed E-state index contributed by atoms with van der Waals surface area (Å²) in [6, 6.07) is 31.3. The zero-order valence-corrected chi connectivity index (χ0v) is 19.7. The van der Waals surface area contributed by atoms with Crippen LogP contribution in [0.4, 0.5) is 0 Å². The van der Waals surface area contributed by atoms with E-state index in [2.05, 4.69) is 72.5 Å². The van der Waals surface area contributed by atoms with Crippen LogP contribution in [0.5, 0.6) is 0 Å². The first-order chi connectivity index (χ1) is 16.2. The number of carbonyl (C=O) groups excluding carboxylic acids is 1. The monoisotopic (exact) mass is 445 g/mol. The summed E-state index contributed by atoms with van der Waals surface area (Å²) in [5.74, 6) is -0.177. The first kappa shape index (κ1) is 24.7. The van der Waals surface area contributed by atoms with Crippen LogP contribution in [0.3, 0.4) is 0 Å². The van der Waals surface area contributed by atoms with Crippen LogP contribution < -0.4 is 0 Å². The molecule has 0 N–H and O–H groups in total. The molecule has 0 aliphatic carbocycles. The molecule has 0 bridgehead atoms. The van der Waals surface area contributed by atoms with E-state index in [1.54, 1.807) is 0 Å². The first-order valence-electron chi connectivity index (χ1n) is 11.7. The second-order valence-electron chi connectivity index (χ2n) is 8.36. The lowest BCUT2D eigenvalue weighted by Gasteiger charge is -2.36. The Bertz CT molecular complexity index is 931. The molecule has 0 radical (unpaired) electrons. The lowest BCUT2D eigenvalue weighted by atomic mass is 9.99. The molecule has 0 aliphatic rings. The van der Waals surface area contributed by atoms with E-state index >= 15 is 0 Å². The van der Waals surface area contributed by atoms with Gasteiger partial charge in [-0.3, -0.25) is 9.69 Å². The molecule has 0 fully saturated rings. The van der Waals surface area contributed by atoms with Crippen LogP contribution >= 0.6 is 0 Å². The molecule has 0 unspecified atom stereocenters. The summed E-state index contributed by atoms with van der Waals surface area (Å²) in [5, 5.41) is 0. The summed E-state index contributed by atoms with van der Waals surface area (Å²) < 4.78 is 11.0. The van der Waals surface area contributed by atoms with Gasteiger partial charge in [0.1, 0.15) is 0 Å². The number of ether oxygens (including phenoxy) is 2. The van der Waals surface area contributed by atoms with Crippen LogP contribution in [0.25, 0.3) is 0 Å². The highest BCUT2D eigenvalue weighted by Gasteiger charge is 2.27. The largest absolute Gasteiger partial charge is 0.469 e. The third-order valence-corrected chi connectivity index (χ3v) is 6.02. The van der Waals surface area contributed by atoms with E-state index in [4.69, 9.17) is 9.47 Å². The molecule has 174 valence electrons. The average molecular weight is 446 g/mol. The Labute approximate surface area is 198 Å². The lowest BCUT2D eigenvalue weighted by Crippen LogP contribution is -2.39. The predicted octanol–water partition coefficient (Wildman–Crippen LogP) is 6.18. The molecule has 4 nitrogen and oxygen atoms in total. The van der Waals surface area contributed by atoms with Crippen molar-refractivity contribution in [1.82, 2.24) is 4.90 Å². The molecule has 33 heavy (non-hydrogen) atoms. The van der Waals surface area contributed by atoms with Crippen molar-refractivity contribution in [2.45, 2.75) is 51.4 Å². The maximum atomic E-state index is 12.3. The number of benzene rings is 3. The molecule has 0 amide bonds. The maximum absolute atomic E-state index is 12.3. The molecule has 0 saturated carbocycles. The van der Waals surface area contributed by atoms with Crippen LogP contribution in [-0.4, -0.2) is 30.6 Å². The van der Waals surface area contributed by atoms with E-state index in [9.17, 15) is 4.79 Å². The average Bonchev–Trinajstić information content (AvgIpc) is 2.87. The second kappa shape index (κ2) is 13.6. The molecule has 0 aliphatic heterocycles. The SMILES string of the molecule is COC(=O)C[C@H](CCCOCc1ccccc1)N(Cc1ccccc1)[C@@H](C)c1ccccc1. The molecule has 2 atom stereocenters. The van der Waals surface area contributed by atoms with Crippen molar-refractivity contribution in [1.29, 1.82) is 0 Å². The van der Waals surface area contributed by atoms with Gasteiger partial charge in [0.15, 0.2) is 0 Å². The van der Waals surface area contributed by atoms with Crippen molar-refractivity contribution in [2.24, 2.45) is 0 Å². The van der Waals surface area contributed by atoms with E-state index in [1.165, 1.54) is 23.8 Å². The Morgan fingerprint density at radius 2 is 1.42 bits per heavy atom. The number of carbonyl (C=O) groups is 1. The molecule has 4 heteroatoms. The van der Waals surface area contributed by atoms with Gasteiger partial charge < -0.3 is 9.47 Å². The van der Waals surface area contributed by atoms with Crippen LogP contribution in [0.1, 0.15) is 48.9 Å². The molecular weight excluding hydrogens is 410 g/mol. The van der Waals surface area contributed by atoms with Crippen molar-refractivity contribution in [3.8, 4) is 0 Å². The Kier molecular flexibility index (Phi) is 10.1. The van der Waals surface area contributed by atoms with Gasteiger partial charge in [-0.1, -0.05) is 91.0 Å². The van der Waals surface area contributed by atoms with E-state index in [1.807, 2.05) is 30.3 Å². The molecule has 3 rings (SSSR count). The van der Waals surface area contributed by atoms with Crippen molar-refractivity contribution in [2.75, 3.05) is 13.7 Å². The predicted molar refractivity (Wildman–Crippen MR) is 133 cm³/mol. The Morgan fingerprint density at radius 3 is 2.03 bits per heavy atom. The van der Waals surface area contributed by atoms with E-state index < -0.39 is 0 Å². The quantitative estimate of drug-likeness (QED) is 0.233. The third-order valence-electron chi connectivity index (χ3n) is 6.02. The van der Waals surface area contributed by atoms with Gasteiger partial charge in [0.2, 0.25) is 0 Å². The van der Waals surface area contributed by atoms with Crippen LogP contribution in [0.2, 0.25) is 0 Å². The maximum Gasteiger partial charge on any atom is 0.307 e. The molecule has 3 aromatic carbocycles. The highest BCUT2D eigenvalue weighted by molar-refractivity contribution is 5.69. The summed E-state index contributed by atoms with van der Waals surface area (Å²) in [6.07, 6.45) is 2.09. The highest BCUT2D eigenvalue weighted by atomic mass is 16.5. The molecule has 0 saturated heterocycles. The van der Waals surface area contributed by atoms with Crippen LogP contribution in [0.15, 0.2) is 91.0 Å². The van der Waals surface area contributed by atoms with Gasteiger partial charge >= 0.3 is 5.97 Å². The zero-order chi connectivity index (χ0) is 23.3. The third kappa shape index (κ3) is 8.16. The molecule has 0 heterocycles. The highest BCUT2D eigenvalue weighted by Crippen LogP contribution is 2.28. The van der Waals surface area contributed by atoms with Crippen molar-refractivity contribution < 1.29 is 14.3 Å². The minimum Gasteiger partial charge on any atom is -0.469 e. The fourth-order valence-electron chi connectivity index (χ4n) is 4.15. The minimum absolute atomic E-state index is 0.0492. The van der Waals surface area contributed by atoms with Crippen molar-refractivity contribution in [3.05, 3.63) is 108 Å². The van der Waals surface area contributed by atoms with Gasteiger partial charge in [-0.05, 0) is 36.5 Å². The molecule has 0 spiro atoms. The number of hydrogen-bond acceptors (Lipinski definition) is 4. The Balaban J connectivity index is 1.70. The van der Waals surface area contributed by atoms with Crippen molar-refractivity contribution in [3.63, 3.8) is 0 Å². The van der Waals surface area contributed by atoms with Gasteiger partial charge in [0, 0.05) is 25.2 Å². The lowest BCUT2D eigenvalue weighted by molar-refractivity contribution is -0.142. The Morgan fingerprint density at radius 1 is 0.848 bits per heavy atom. The van der Waals surface area contributed by atoms with Crippen molar-refractivity contribution >= 4 is 5.97 Å². The van der Waals surface area contributed by atoms with Crippen LogP contribution in [0, 0.1) is 0 Å². The number of hydrogen-bond donors (Lipinski definition) is 0. The summed E-state index contributed by atoms with van der Waals surface area (Å²) in [6.45, 7) is 4.25. The molecule has 0 aromatic heterocycles. The topological polar surface area (TPSA) is 38.8 Å². The van der Waals surface area contributed by atoms with Gasteiger partial charge in [-0.25, -0.2) is 0 Å². The van der Waals surface area contributed by atoms with E-state index in [-0.39, 0.29) is 18.1 Å². The second-order valence-corrected chi connectivity index (χ2v) is 8.36. The smallest absolute Gasteiger partial charge is 0.307 e. The van der Waals surface area contributed by atoms with E-state index in [0.29, 0.717) is 19.6 Å². The molecule has 3 aromatic rings. The fourth-order valence-corrected chi connectivity index (χ4v) is 4.15. The van der Waals surface area contributed by atoms with Gasteiger partial charge in [-0.2, -0.15) is 0 Å². The standard InChI is InChI=1S/C29H35NO3/c1-24(27-17-10-5-11-18-27)30(22-25-13-6-3-7-14-25)28(21-29(31)32-2)19-12-20-33-23-26-15-8-4-9-16-26/h3-11,13-18,24,28H,12,19-23H2,1-2H3/t24-,28-/m0/s1. The summed E-state index contributed by atoms with van der Waals surface area (Å²) in [5.41, 5.74) is 3.64. The van der Waals surface area contributed by atoms with E-state index in [0.717, 1.165) is 19.4 Å². The first-order valence-corrected chi connectivity index (χ1v) is 11.7. The van der Waals surface area contributed by atoms with Gasteiger partial charge in [0.25, 0.3) is 0 Å². The Hall–Kier alpha value is -2.95. The number of esters is 1. The summed E-state index contributed by atoms with van der Waals surface area (Å²) in [4.78, 5) is 14.8. The zero-order valence-electron chi connectivity index (χ0n) is 19.7. The minimum atomic E-state index is -0.177. The fraction of sp³-hybridized carbons (Fsp3) is 0.345. The molecular formula is C29H35NO3. The summed E-state index contributed by atoms with van der Waals surface area (Å²) >= 11 is 0. The number of nitrogens with zero attached hydrogens (tertiary/aromatic N) is 1.